The van der Waals surface area contributed by atoms with Crippen molar-refractivity contribution in [3.8, 4) is 5.82 Å². The fourth-order valence-corrected chi connectivity index (χ4v) is 1.55. The summed E-state index contributed by atoms with van der Waals surface area (Å²) in [4.78, 5) is 4.08. The molecule has 0 aliphatic rings. The normalized spacial score (nSPS) is 10.6. The maximum absolute atomic E-state index is 8.89. The molecule has 6 heteroatoms. The summed E-state index contributed by atoms with van der Waals surface area (Å²) in [6.45, 7) is -0.0904. The molecule has 2 aromatic rings. The molecule has 15 heavy (non-hydrogen) atoms. The molecule has 0 aromatic carbocycles. The number of nitrogens with zero attached hydrogens (tertiary/aromatic N) is 3. The lowest BCUT2D eigenvalue weighted by molar-refractivity contribution is 0.281. The fraction of sp³-hybridized carbons (Fsp3) is 0.111. The van der Waals surface area contributed by atoms with Crippen LogP contribution in [0.5, 0.6) is 0 Å². The van der Waals surface area contributed by atoms with Gasteiger partial charge in [0.15, 0.2) is 5.82 Å². The lowest BCUT2D eigenvalue weighted by Crippen LogP contribution is -1.99. The Hall–Kier alpha value is -1.10. The van der Waals surface area contributed by atoms with Gasteiger partial charge in [-0.05, 0) is 11.6 Å². The fourth-order valence-electron chi connectivity index (χ4n) is 1.14. The third-order valence-electron chi connectivity index (χ3n) is 1.83. The Balaban J connectivity index is 2.45. The van der Waals surface area contributed by atoms with E-state index in [1.165, 1.54) is 17.1 Å². The molecular formula is C9H7Cl2N3O. The van der Waals surface area contributed by atoms with Crippen molar-refractivity contribution in [3.05, 3.63) is 40.3 Å². The van der Waals surface area contributed by atoms with E-state index in [0.717, 1.165) is 0 Å². The Morgan fingerprint density at radius 1 is 1.33 bits per heavy atom. The van der Waals surface area contributed by atoms with Crippen molar-refractivity contribution in [1.29, 1.82) is 0 Å². The summed E-state index contributed by atoms with van der Waals surface area (Å²) in [5, 5.41) is 13.8. The number of hydrogen-bond acceptors (Lipinski definition) is 3. The summed E-state index contributed by atoms with van der Waals surface area (Å²) < 4.78 is 1.48. The van der Waals surface area contributed by atoms with Gasteiger partial charge in [0.1, 0.15) is 0 Å². The zero-order chi connectivity index (χ0) is 10.8. The second-order valence-corrected chi connectivity index (χ2v) is 3.75. The topological polar surface area (TPSA) is 50.9 Å². The summed E-state index contributed by atoms with van der Waals surface area (Å²) >= 11 is 11.7. The van der Waals surface area contributed by atoms with E-state index in [1.807, 2.05) is 0 Å². The molecule has 2 heterocycles. The summed E-state index contributed by atoms with van der Waals surface area (Å²) in [6, 6.07) is 1.64. The van der Waals surface area contributed by atoms with Crippen LogP contribution in [0.15, 0.2) is 24.7 Å². The van der Waals surface area contributed by atoms with Crippen molar-refractivity contribution in [2.45, 2.75) is 6.61 Å². The van der Waals surface area contributed by atoms with Crippen LogP contribution in [0.2, 0.25) is 10.0 Å². The zero-order valence-electron chi connectivity index (χ0n) is 7.56. The third-order valence-corrected chi connectivity index (χ3v) is 2.30. The van der Waals surface area contributed by atoms with E-state index in [2.05, 4.69) is 10.1 Å². The predicted molar refractivity (Wildman–Crippen MR) is 57.3 cm³/mol. The van der Waals surface area contributed by atoms with E-state index < -0.39 is 0 Å². The number of hydrogen-bond donors (Lipinski definition) is 1. The molecule has 0 aliphatic heterocycles. The van der Waals surface area contributed by atoms with Gasteiger partial charge in [-0.2, -0.15) is 5.10 Å². The van der Waals surface area contributed by atoms with E-state index in [1.54, 1.807) is 12.3 Å². The van der Waals surface area contributed by atoms with Crippen LogP contribution >= 0.6 is 23.2 Å². The Morgan fingerprint density at radius 3 is 2.67 bits per heavy atom. The molecule has 4 nitrogen and oxygen atoms in total. The molecule has 0 saturated carbocycles. The smallest absolute Gasteiger partial charge is 0.172 e. The van der Waals surface area contributed by atoms with E-state index in [0.29, 0.717) is 21.4 Å². The Morgan fingerprint density at radius 2 is 2.13 bits per heavy atom. The first-order valence-corrected chi connectivity index (χ1v) is 4.92. The molecule has 0 unspecified atom stereocenters. The van der Waals surface area contributed by atoms with Crippen molar-refractivity contribution in [1.82, 2.24) is 14.8 Å². The average Bonchev–Trinajstić information content (AvgIpc) is 2.64. The maximum Gasteiger partial charge on any atom is 0.172 e. The van der Waals surface area contributed by atoms with Crippen LogP contribution in [-0.2, 0) is 6.61 Å². The van der Waals surface area contributed by atoms with Gasteiger partial charge >= 0.3 is 0 Å². The van der Waals surface area contributed by atoms with E-state index in [4.69, 9.17) is 28.3 Å². The minimum atomic E-state index is -0.0904. The first-order valence-electron chi connectivity index (χ1n) is 4.16. The lowest BCUT2D eigenvalue weighted by Gasteiger charge is -2.03. The highest BCUT2D eigenvalue weighted by molar-refractivity contribution is 6.32. The van der Waals surface area contributed by atoms with E-state index >= 15 is 0 Å². The Bertz CT molecular complexity index is 484. The van der Waals surface area contributed by atoms with Gasteiger partial charge < -0.3 is 5.11 Å². The highest BCUT2D eigenvalue weighted by Gasteiger charge is 2.06. The SMILES string of the molecule is OCc1cnc(-n2cc(Cl)cn2)c(Cl)c1. The van der Waals surface area contributed by atoms with Gasteiger partial charge in [-0.1, -0.05) is 23.2 Å². The van der Waals surface area contributed by atoms with Crippen LogP contribution in [0.1, 0.15) is 5.56 Å². The minimum Gasteiger partial charge on any atom is -0.392 e. The van der Waals surface area contributed by atoms with Crippen LogP contribution in [0.4, 0.5) is 0 Å². The minimum absolute atomic E-state index is 0.0904. The molecule has 0 amide bonds. The first kappa shape index (κ1) is 10.4. The molecule has 0 spiro atoms. The van der Waals surface area contributed by atoms with Crippen molar-refractivity contribution in [2.75, 3.05) is 0 Å². The number of halogens is 2. The Labute approximate surface area is 96.1 Å². The molecular weight excluding hydrogens is 237 g/mol. The molecule has 0 atom stereocenters. The van der Waals surface area contributed by atoms with Crippen molar-refractivity contribution < 1.29 is 5.11 Å². The molecule has 0 radical (unpaired) electrons. The standard InChI is InChI=1S/C9H7Cl2N3O/c10-7-3-13-14(4-7)9-8(11)1-6(5-15)2-12-9/h1-4,15H,5H2. The average molecular weight is 244 g/mol. The molecule has 0 saturated heterocycles. The number of aliphatic hydroxyl groups excluding tert-OH is 1. The molecule has 78 valence electrons. The van der Waals surface area contributed by atoms with E-state index in [-0.39, 0.29) is 6.61 Å². The van der Waals surface area contributed by atoms with Crippen molar-refractivity contribution >= 4 is 23.2 Å². The van der Waals surface area contributed by atoms with Crippen LogP contribution in [0, 0.1) is 0 Å². The second kappa shape index (κ2) is 4.18. The van der Waals surface area contributed by atoms with Crippen LogP contribution in [0.3, 0.4) is 0 Å². The van der Waals surface area contributed by atoms with Crippen LogP contribution < -0.4 is 0 Å². The highest BCUT2D eigenvalue weighted by Crippen LogP contribution is 2.20. The third kappa shape index (κ3) is 2.12. The number of pyridine rings is 1. The highest BCUT2D eigenvalue weighted by atomic mass is 35.5. The van der Waals surface area contributed by atoms with Gasteiger partial charge in [0.25, 0.3) is 0 Å². The van der Waals surface area contributed by atoms with Gasteiger partial charge in [0, 0.05) is 6.20 Å². The number of rotatable bonds is 2. The van der Waals surface area contributed by atoms with Crippen molar-refractivity contribution in [2.24, 2.45) is 0 Å². The van der Waals surface area contributed by atoms with Gasteiger partial charge in [-0.3, -0.25) is 0 Å². The molecule has 0 bridgehead atoms. The summed E-state index contributed by atoms with van der Waals surface area (Å²) in [7, 11) is 0. The van der Waals surface area contributed by atoms with Gasteiger partial charge in [0.2, 0.25) is 0 Å². The van der Waals surface area contributed by atoms with Gasteiger partial charge in [-0.25, -0.2) is 9.67 Å². The van der Waals surface area contributed by atoms with Gasteiger partial charge in [0.05, 0.1) is 29.0 Å². The quantitative estimate of drug-likeness (QED) is 0.879. The Kier molecular flexibility index (Phi) is 2.90. The van der Waals surface area contributed by atoms with E-state index in [9.17, 15) is 0 Å². The zero-order valence-corrected chi connectivity index (χ0v) is 9.07. The molecule has 1 N–H and O–H groups in total. The molecule has 0 fully saturated rings. The number of aliphatic hydroxyl groups is 1. The monoisotopic (exact) mass is 243 g/mol. The first-order chi connectivity index (χ1) is 7.20. The molecule has 2 aromatic heterocycles. The van der Waals surface area contributed by atoms with Crippen LogP contribution in [-0.4, -0.2) is 19.9 Å². The summed E-state index contributed by atoms with van der Waals surface area (Å²) in [5.74, 6) is 0.487. The number of aromatic nitrogens is 3. The summed E-state index contributed by atoms with van der Waals surface area (Å²) in [6.07, 6.45) is 4.64. The van der Waals surface area contributed by atoms with Gasteiger partial charge in [-0.15, -0.1) is 0 Å². The largest absolute Gasteiger partial charge is 0.392 e. The molecule has 0 aliphatic carbocycles. The molecule has 2 rings (SSSR count). The van der Waals surface area contributed by atoms with Crippen molar-refractivity contribution in [3.63, 3.8) is 0 Å². The van der Waals surface area contributed by atoms with Crippen LogP contribution in [0.25, 0.3) is 5.82 Å². The summed E-state index contributed by atoms with van der Waals surface area (Å²) in [5.41, 5.74) is 0.655. The predicted octanol–water partition coefficient (Wildman–Crippen LogP) is 2.07. The lowest BCUT2D eigenvalue weighted by atomic mass is 10.3. The maximum atomic E-state index is 8.89. The second-order valence-electron chi connectivity index (χ2n) is 2.91.